The quantitative estimate of drug-likeness (QED) is 0.728. The van der Waals surface area contributed by atoms with Crippen molar-refractivity contribution >= 4 is 34.5 Å². The molecule has 1 aromatic heterocycles. The standard InChI is InChI=1S/C21H19N3O2S/c1-14-12-16(9-10-18(14)24-11-5-8-19(24)25)22-20(26)17-13-27-21(23-17)15-6-3-2-4-7-15/h2-4,6-7,9-10,12-13H,5,8,11H2,1H3,(H,22,26). The Bertz CT molecular complexity index is 998. The maximum atomic E-state index is 12.5. The van der Waals surface area contributed by atoms with Crippen LogP contribution >= 0.6 is 11.3 Å². The van der Waals surface area contributed by atoms with Gasteiger partial charge in [0.15, 0.2) is 0 Å². The van der Waals surface area contributed by atoms with E-state index < -0.39 is 0 Å². The van der Waals surface area contributed by atoms with Gasteiger partial charge in [0.25, 0.3) is 5.91 Å². The van der Waals surface area contributed by atoms with Crippen LogP contribution in [0.1, 0.15) is 28.9 Å². The van der Waals surface area contributed by atoms with Gasteiger partial charge < -0.3 is 10.2 Å². The van der Waals surface area contributed by atoms with Gasteiger partial charge in [-0.25, -0.2) is 4.98 Å². The van der Waals surface area contributed by atoms with E-state index in [0.29, 0.717) is 17.8 Å². The van der Waals surface area contributed by atoms with Crippen molar-refractivity contribution in [3.8, 4) is 10.6 Å². The molecule has 1 aliphatic heterocycles. The molecule has 0 aliphatic carbocycles. The lowest BCUT2D eigenvalue weighted by Gasteiger charge is -2.19. The number of carbonyl (C=O) groups excluding carboxylic acids is 2. The Labute approximate surface area is 161 Å². The van der Waals surface area contributed by atoms with Gasteiger partial charge in [-0.05, 0) is 37.1 Å². The summed E-state index contributed by atoms with van der Waals surface area (Å²) in [6.45, 7) is 2.71. The largest absolute Gasteiger partial charge is 0.321 e. The van der Waals surface area contributed by atoms with Crippen molar-refractivity contribution in [2.24, 2.45) is 0 Å². The number of aryl methyl sites for hydroxylation is 1. The van der Waals surface area contributed by atoms with Crippen LogP contribution in [0.25, 0.3) is 10.6 Å². The average Bonchev–Trinajstić information content (AvgIpc) is 3.32. The van der Waals surface area contributed by atoms with Crippen molar-refractivity contribution in [1.29, 1.82) is 0 Å². The highest BCUT2D eigenvalue weighted by Gasteiger charge is 2.23. The summed E-state index contributed by atoms with van der Waals surface area (Å²) >= 11 is 1.45. The molecular weight excluding hydrogens is 358 g/mol. The Morgan fingerprint density at radius 3 is 2.70 bits per heavy atom. The summed E-state index contributed by atoms with van der Waals surface area (Å²) < 4.78 is 0. The molecule has 1 aliphatic rings. The molecule has 2 heterocycles. The summed E-state index contributed by atoms with van der Waals surface area (Å²) in [5.41, 5.74) is 3.97. The van der Waals surface area contributed by atoms with E-state index in [1.807, 2.05) is 60.4 Å². The summed E-state index contributed by atoms with van der Waals surface area (Å²) in [6.07, 6.45) is 1.50. The molecular formula is C21H19N3O2S. The molecule has 0 radical (unpaired) electrons. The second-order valence-corrected chi connectivity index (χ2v) is 7.37. The first-order valence-corrected chi connectivity index (χ1v) is 9.73. The van der Waals surface area contributed by atoms with E-state index in [4.69, 9.17) is 0 Å². The number of rotatable bonds is 4. The highest BCUT2D eigenvalue weighted by Crippen LogP contribution is 2.28. The van der Waals surface area contributed by atoms with Gasteiger partial charge in [-0.15, -0.1) is 11.3 Å². The van der Waals surface area contributed by atoms with Gasteiger partial charge >= 0.3 is 0 Å². The molecule has 27 heavy (non-hydrogen) atoms. The van der Waals surface area contributed by atoms with Crippen LogP contribution < -0.4 is 10.2 Å². The highest BCUT2D eigenvalue weighted by atomic mass is 32.1. The fourth-order valence-electron chi connectivity index (χ4n) is 3.23. The summed E-state index contributed by atoms with van der Waals surface area (Å²) in [4.78, 5) is 30.7. The highest BCUT2D eigenvalue weighted by molar-refractivity contribution is 7.13. The number of benzene rings is 2. The van der Waals surface area contributed by atoms with Crippen molar-refractivity contribution in [3.63, 3.8) is 0 Å². The SMILES string of the molecule is Cc1cc(NC(=O)c2csc(-c3ccccc3)n2)ccc1N1CCCC1=O. The summed E-state index contributed by atoms with van der Waals surface area (Å²) in [5, 5.41) is 5.48. The van der Waals surface area contributed by atoms with Gasteiger partial charge in [-0.3, -0.25) is 9.59 Å². The third kappa shape index (κ3) is 3.61. The van der Waals surface area contributed by atoms with E-state index in [-0.39, 0.29) is 11.8 Å². The Hall–Kier alpha value is -2.99. The lowest BCUT2D eigenvalue weighted by atomic mass is 10.1. The fourth-order valence-corrected chi connectivity index (χ4v) is 4.03. The molecule has 6 heteroatoms. The maximum absolute atomic E-state index is 12.5. The molecule has 136 valence electrons. The first-order valence-electron chi connectivity index (χ1n) is 8.85. The number of thiazole rings is 1. The lowest BCUT2D eigenvalue weighted by Crippen LogP contribution is -2.24. The zero-order valence-corrected chi connectivity index (χ0v) is 15.8. The van der Waals surface area contributed by atoms with E-state index in [0.717, 1.165) is 34.8 Å². The van der Waals surface area contributed by atoms with Crippen molar-refractivity contribution in [1.82, 2.24) is 4.98 Å². The third-order valence-electron chi connectivity index (χ3n) is 4.58. The van der Waals surface area contributed by atoms with E-state index in [1.54, 1.807) is 5.38 Å². The Kier molecular flexibility index (Phi) is 4.73. The van der Waals surface area contributed by atoms with Crippen LogP contribution in [0.4, 0.5) is 11.4 Å². The second-order valence-electron chi connectivity index (χ2n) is 6.51. The van der Waals surface area contributed by atoms with Crippen LogP contribution in [0.3, 0.4) is 0 Å². The van der Waals surface area contributed by atoms with Crippen LogP contribution in [-0.4, -0.2) is 23.3 Å². The smallest absolute Gasteiger partial charge is 0.275 e. The normalized spacial score (nSPS) is 13.8. The first kappa shape index (κ1) is 17.4. The zero-order valence-electron chi connectivity index (χ0n) is 14.9. The van der Waals surface area contributed by atoms with Gasteiger partial charge in [0.1, 0.15) is 10.7 Å². The van der Waals surface area contributed by atoms with Crippen molar-refractivity contribution < 1.29 is 9.59 Å². The monoisotopic (exact) mass is 377 g/mol. The van der Waals surface area contributed by atoms with Crippen LogP contribution in [0, 0.1) is 6.92 Å². The molecule has 0 saturated carbocycles. The predicted octanol–water partition coefficient (Wildman–Crippen LogP) is 4.50. The number of nitrogens with one attached hydrogen (secondary N) is 1. The molecule has 0 atom stereocenters. The predicted molar refractivity (Wildman–Crippen MR) is 108 cm³/mol. The molecule has 1 N–H and O–H groups in total. The van der Waals surface area contributed by atoms with E-state index >= 15 is 0 Å². The number of anilines is 2. The van der Waals surface area contributed by atoms with Gasteiger partial charge in [0.05, 0.1) is 0 Å². The molecule has 4 rings (SSSR count). The molecule has 3 aromatic rings. The van der Waals surface area contributed by atoms with E-state index in [2.05, 4.69) is 10.3 Å². The topological polar surface area (TPSA) is 62.3 Å². The minimum atomic E-state index is -0.238. The van der Waals surface area contributed by atoms with Gasteiger partial charge in [0, 0.05) is 35.3 Å². The number of aromatic nitrogens is 1. The van der Waals surface area contributed by atoms with Crippen LogP contribution in [0.5, 0.6) is 0 Å². The van der Waals surface area contributed by atoms with Crippen LogP contribution in [-0.2, 0) is 4.79 Å². The van der Waals surface area contributed by atoms with E-state index in [1.165, 1.54) is 11.3 Å². The number of amides is 2. The van der Waals surface area contributed by atoms with Gasteiger partial charge in [-0.1, -0.05) is 30.3 Å². The van der Waals surface area contributed by atoms with Gasteiger partial charge in [-0.2, -0.15) is 0 Å². The third-order valence-corrected chi connectivity index (χ3v) is 5.47. The summed E-state index contributed by atoms with van der Waals surface area (Å²) in [5.74, 6) is -0.0800. The zero-order chi connectivity index (χ0) is 18.8. The van der Waals surface area contributed by atoms with Crippen LogP contribution in [0.15, 0.2) is 53.9 Å². The number of carbonyl (C=O) groups is 2. The van der Waals surface area contributed by atoms with Gasteiger partial charge in [0.2, 0.25) is 5.91 Å². The van der Waals surface area contributed by atoms with Crippen molar-refractivity contribution in [3.05, 3.63) is 65.2 Å². The number of hydrogen-bond donors (Lipinski definition) is 1. The molecule has 0 spiro atoms. The van der Waals surface area contributed by atoms with Crippen molar-refractivity contribution in [2.45, 2.75) is 19.8 Å². The second kappa shape index (κ2) is 7.32. The first-order chi connectivity index (χ1) is 13.1. The van der Waals surface area contributed by atoms with Crippen molar-refractivity contribution in [2.75, 3.05) is 16.8 Å². The number of nitrogens with zero attached hydrogens (tertiary/aromatic N) is 2. The molecule has 0 bridgehead atoms. The lowest BCUT2D eigenvalue weighted by molar-refractivity contribution is -0.117. The Balaban J connectivity index is 1.49. The minimum Gasteiger partial charge on any atom is -0.321 e. The number of hydrogen-bond acceptors (Lipinski definition) is 4. The molecule has 1 saturated heterocycles. The average molecular weight is 377 g/mol. The summed E-state index contributed by atoms with van der Waals surface area (Å²) in [7, 11) is 0. The van der Waals surface area contributed by atoms with E-state index in [9.17, 15) is 9.59 Å². The molecule has 1 fully saturated rings. The molecule has 5 nitrogen and oxygen atoms in total. The maximum Gasteiger partial charge on any atom is 0.275 e. The Morgan fingerprint density at radius 2 is 2.00 bits per heavy atom. The van der Waals surface area contributed by atoms with Crippen LogP contribution in [0.2, 0.25) is 0 Å². The molecule has 0 unspecified atom stereocenters. The molecule has 2 aromatic carbocycles. The Morgan fingerprint density at radius 1 is 1.19 bits per heavy atom. The fraction of sp³-hybridized carbons (Fsp3) is 0.190. The summed E-state index contributed by atoms with van der Waals surface area (Å²) in [6, 6.07) is 15.4. The molecule has 2 amide bonds. The minimum absolute atomic E-state index is 0.158.